The second kappa shape index (κ2) is 6.95. The first-order chi connectivity index (χ1) is 7.63. The summed E-state index contributed by atoms with van der Waals surface area (Å²) in [4.78, 5) is 0. The molecule has 1 unspecified atom stereocenters. The van der Waals surface area contributed by atoms with E-state index in [1.807, 2.05) is 12.1 Å². The lowest BCUT2D eigenvalue weighted by Gasteiger charge is -2.10. The van der Waals surface area contributed by atoms with Crippen molar-refractivity contribution in [2.45, 2.75) is 31.8 Å². The molecule has 0 saturated heterocycles. The third-order valence-electron chi connectivity index (χ3n) is 2.40. The van der Waals surface area contributed by atoms with Crippen LogP contribution in [0.25, 0.3) is 0 Å². The number of benzene rings is 1. The summed E-state index contributed by atoms with van der Waals surface area (Å²) in [6, 6.07) is 5.46. The predicted molar refractivity (Wildman–Crippen MR) is 70.2 cm³/mol. The Kier molecular flexibility index (Phi) is 5.89. The van der Waals surface area contributed by atoms with Gasteiger partial charge in [-0.1, -0.05) is 35.3 Å². The summed E-state index contributed by atoms with van der Waals surface area (Å²) in [5.41, 5.74) is 1.01. The molecule has 0 fully saturated rings. The number of rotatable bonds is 6. The number of allylic oxidation sites excluding steroid dienone is 1. The van der Waals surface area contributed by atoms with Crippen LogP contribution >= 0.6 is 23.2 Å². The summed E-state index contributed by atoms with van der Waals surface area (Å²) >= 11 is 11.7. The van der Waals surface area contributed by atoms with Crippen LogP contribution in [0, 0.1) is 0 Å². The van der Waals surface area contributed by atoms with Crippen molar-refractivity contribution >= 4 is 23.2 Å². The SMILES string of the molecule is C=CCCCC(O)Cc1ccc(Cl)c(Cl)c1. The Morgan fingerprint density at radius 3 is 2.69 bits per heavy atom. The molecule has 0 bridgehead atoms. The first-order valence-electron chi connectivity index (χ1n) is 5.36. The highest BCUT2D eigenvalue weighted by atomic mass is 35.5. The zero-order valence-corrected chi connectivity index (χ0v) is 10.6. The number of unbranched alkanes of at least 4 members (excludes halogenated alkanes) is 1. The van der Waals surface area contributed by atoms with Crippen LogP contribution in [0.2, 0.25) is 10.0 Å². The van der Waals surface area contributed by atoms with Crippen LogP contribution < -0.4 is 0 Å². The van der Waals surface area contributed by atoms with Crippen molar-refractivity contribution in [2.24, 2.45) is 0 Å². The molecule has 1 atom stereocenters. The second-order valence-electron chi connectivity index (χ2n) is 3.83. The minimum absolute atomic E-state index is 0.322. The van der Waals surface area contributed by atoms with E-state index in [0.717, 1.165) is 24.8 Å². The zero-order valence-electron chi connectivity index (χ0n) is 9.13. The van der Waals surface area contributed by atoms with Gasteiger partial charge in [0.2, 0.25) is 0 Å². The van der Waals surface area contributed by atoms with Crippen LogP contribution in [-0.4, -0.2) is 11.2 Å². The highest BCUT2D eigenvalue weighted by Crippen LogP contribution is 2.23. The Bertz CT molecular complexity index is 350. The minimum atomic E-state index is -0.322. The van der Waals surface area contributed by atoms with Crippen LogP contribution in [0.4, 0.5) is 0 Å². The standard InChI is InChI=1S/C13H16Cl2O/c1-2-3-4-5-11(16)8-10-6-7-12(14)13(15)9-10/h2,6-7,9,11,16H,1,3-5,8H2. The van der Waals surface area contributed by atoms with Gasteiger partial charge in [0.1, 0.15) is 0 Å². The average molecular weight is 259 g/mol. The van der Waals surface area contributed by atoms with Crippen LogP contribution in [0.1, 0.15) is 24.8 Å². The molecule has 1 N–H and O–H groups in total. The Balaban J connectivity index is 2.46. The highest BCUT2D eigenvalue weighted by molar-refractivity contribution is 6.42. The quantitative estimate of drug-likeness (QED) is 0.598. The summed E-state index contributed by atoms with van der Waals surface area (Å²) in [6.07, 6.45) is 4.86. The van der Waals surface area contributed by atoms with Crippen LogP contribution in [-0.2, 0) is 6.42 Å². The molecule has 0 aliphatic rings. The van der Waals surface area contributed by atoms with E-state index in [1.165, 1.54) is 0 Å². The molecule has 0 heterocycles. The van der Waals surface area contributed by atoms with Crippen molar-refractivity contribution in [3.05, 3.63) is 46.5 Å². The summed E-state index contributed by atoms with van der Waals surface area (Å²) in [5, 5.41) is 10.9. The number of halogens is 2. The van der Waals surface area contributed by atoms with Crippen molar-refractivity contribution in [3.8, 4) is 0 Å². The van der Waals surface area contributed by atoms with E-state index in [2.05, 4.69) is 6.58 Å². The largest absolute Gasteiger partial charge is 0.393 e. The van der Waals surface area contributed by atoms with E-state index >= 15 is 0 Å². The van der Waals surface area contributed by atoms with Gasteiger partial charge in [-0.15, -0.1) is 6.58 Å². The lowest BCUT2D eigenvalue weighted by atomic mass is 10.0. The van der Waals surface area contributed by atoms with Gasteiger partial charge >= 0.3 is 0 Å². The fraction of sp³-hybridized carbons (Fsp3) is 0.385. The second-order valence-corrected chi connectivity index (χ2v) is 4.64. The maximum absolute atomic E-state index is 9.78. The number of hydrogen-bond donors (Lipinski definition) is 1. The van der Waals surface area contributed by atoms with Crippen molar-refractivity contribution in [1.29, 1.82) is 0 Å². The summed E-state index contributed by atoms with van der Waals surface area (Å²) < 4.78 is 0. The number of hydrogen-bond acceptors (Lipinski definition) is 1. The molecule has 0 aliphatic heterocycles. The third-order valence-corrected chi connectivity index (χ3v) is 3.14. The van der Waals surface area contributed by atoms with E-state index in [9.17, 15) is 5.11 Å². The van der Waals surface area contributed by atoms with E-state index in [4.69, 9.17) is 23.2 Å². The van der Waals surface area contributed by atoms with Crippen LogP contribution in [0.15, 0.2) is 30.9 Å². The van der Waals surface area contributed by atoms with Gasteiger partial charge in [0.15, 0.2) is 0 Å². The van der Waals surface area contributed by atoms with Crippen molar-refractivity contribution in [1.82, 2.24) is 0 Å². The summed E-state index contributed by atoms with van der Waals surface area (Å²) in [6.45, 7) is 3.65. The van der Waals surface area contributed by atoms with Crippen LogP contribution in [0.5, 0.6) is 0 Å². The molecule has 1 nitrogen and oxygen atoms in total. The first-order valence-corrected chi connectivity index (χ1v) is 6.12. The molecule has 0 radical (unpaired) electrons. The van der Waals surface area contributed by atoms with E-state index < -0.39 is 0 Å². The smallest absolute Gasteiger partial charge is 0.0595 e. The van der Waals surface area contributed by atoms with Gasteiger partial charge in [0.05, 0.1) is 16.1 Å². The molecule has 0 aliphatic carbocycles. The average Bonchev–Trinajstić information content (AvgIpc) is 2.24. The van der Waals surface area contributed by atoms with Gasteiger partial charge in [-0.3, -0.25) is 0 Å². The molecule has 16 heavy (non-hydrogen) atoms. The Morgan fingerprint density at radius 2 is 2.06 bits per heavy atom. The predicted octanol–water partition coefficient (Wildman–Crippen LogP) is 4.25. The van der Waals surface area contributed by atoms with Gasteiger partial charge in [-0.25, -0.2) is 0 Å². The van der Waals surface area contributed by atoms with Gasteiger partial charge in [0, 0.05) is 0 Å². The first kappa shape index (κ1) is 13.6. The van der Waals surface area contributed by atoms with Crippen molar-refractivity contribution in [2.75, 3.05) is 0 Å². The highest BCUT2D eigenvalue weighted by Gasteiger charge is 2.06. The fourth-order valence-electron chi connectivity index (χ4n) is 1.54. The zero-order chi connectivity index (χ0) is 12.0. The van der Waals surface area contributed by atoms with E-state index in [1.54, 1.807) is 12.1 Å². The maximum Gasteiger partial charge on any atom is 0.0595 e. The molecular formula is C13H16Cl2O. The van der Waals surface area contributed by atoms with Crippen molar-refractivity contribution in [3.63, 3.8) is 0 Å². The van der Waals surface area contributed by atoms with Crippen molar-refractivity contribution < 1.29 is 5.11 Å². The van der Waals surface area contributed by atoms with Gasteiger partial charge in [-0.05, 0) is 43.4 Å². The number of aliphatic hydroxyl groups excluding tert-OH is 1. The minimum Gasteiger partial charge on any atom is -0.393 e. The Labute approximate surface area is 107 Å². The monoisotopic (exact) mass is 258 g/mol. The molecule has 1 rings (SSSR count). The summed E-state index contributed by atoms with van der Waals surface area (Å²) in [5.74, 6) is 0. The molecule has 1 aromatic rings. The lowest BCUT2D eigenvalue weighted by molar-refractivity contribution is 0.162. The molecule has 88 valence electrons. The van der Waals surface area contributed by atoms with Gasteiger partial charge in [-0.2, -0.15) is 0 Å². The molecule has 3 heteroatoms. The normalized spacial score (nSPS) is 12.4. The molecule has 0 spiro atoms. The maximum atomic E-state index is 9.78. The Hall–Kier alpha value is -0.500. The van der Waals surface area contributed by atoms with Crippen LogP contribution in [0.3, 0.4) is 0 Å². The molecule has 0 amide bonds. The number of aliphatic hydroxyl groups is 1. The van der Waals surface area contributed by atoms with E-state index in [-0.39, 0.29) is 6.10 Å². The van der Waals surface area contributed by atoms with Gasteiger partial charge < -0.3 is 5.11 Å². The van der Waals surface area contributed by atoms with Gasteiger partial charge in [0.25, 0.3) is 0 Å². The third kappa shape index (κ3) is 4.56. The molecular weight excluding hydrogens is 243 g/mol. The Morgan fingerprint density at radius 1 is 1.31 bits per heavy atom. The van der Waals surface area contributed by atoms with E-state index in [0.29, 0.717) is 16.5 Å². The molecule has 0 aromatic heterocycles. The molecule has 1 aromatic carbocycles. The fourth-order valence-corrected chi connectivity index (χ4v) is 1.86. The topological polar surface area (TPSA) is 20.2 Å². The lowest BCUT2D eigenvalue weighted by Crippen LogP contribution is -2.10. The summed E-state index contributed by atoms with van der Waals surface area (Å²) in [7, 11) is 0. The molecule has 0 saturated carbocycles.